The Bertz CT molecular complexity index is 995. The third-order valence-electron chi connectivity index (χ3n) is 5.48. The standard InChI is InChI=1S/C28H39N3O5/c1-6-27(33)30-29-19-22-10-12-23(13-11-22)35-16-8-7-9-17-36-24-14-15-25(26(32)18-24)28(34)31(20(2)3)21(4)5/h10-15,18-21,32H,6-9,16-17H2,1-5H3,(H,30,33). The van der Waals surface area contributed by atoms with Gasteiger partial charge in [0.15, 0.2) is 0 Å². The highest BCUT2D eigenvalue weighted by atomic mass is 16.5. The van der Waals surface area contributed by atoms with E-state index in [-0.39, 0.29) is 35.2 Å². The van der Waals surface area contributed by atoms with E-state index in [4.69, 9.17) is 9.47 Å². The second-order valence-electron chi connectivity index (χ2n) is 9.05. The van der Waals surface area contributed by atoms with Gasteiger partial charge < -0.3 is 19.5 Å². The van der Waals surface area contributed by atoms with Gasteiger partial charge in [-0.2, -0.15) is 5.10 Å². The Morgan fingerprint density at radius 2 is 1.53 bits per heavy atom. The number of aromatic hydroxyl groups is 1. The van der Waals surface area contributed by atoms with Gasteiger partial charge in [0.25, 0.3) is 5.91 Å². The Kier molecular flexibility index (Phi) is 11.8. The summed E-state index contributed by atoms with van der Waals surface area (Å²) < 4.78 is 11.5. The summed E-state index contributed by atoms with van der Waals surface area (Å²) >= 11 is 0. The number of benzene rings is 2. The van der Waals surface area contributed by atoms with Crippen molar-refractivity contribution in [1.29, 1.82) is 0 Å². The molecule has 0 aliphatic carbocycles. The van der Waals surface area contributed by atoms with E-state index in [1.54, 1.807) is 30.2 Å². The number of unbranched alkanes of at least 4 members (excludes halogenated alkanes) is 2. The van der Waals surface area contributed by atoms with Crippen LogP contribution in [-0.2, 0) is 4.79 Å². The molecule has 8 heteroatoms. The summed E-state index contributed by atoms with van der Waals surface area (Å²) in [5.74, 6) is 0.935. The fourth-order valence-corrected chi connectivity index (χ4v) is 3.66. The topological polar surface area (TPSA) is 100 Å². The van der Waals surface area contributed by atoms with Gasteiger partial charge in [-0.1, -0.05) is 6.92 Å². The van der Waals surface area contributed by atoms with Crippen LogP contribution < -0.4 is 14.9 Å². The second kappa shape index (κ2) is 14.8. The van der Waals surface area contributed by atoms with Gasteiger partial charge in [-0.3, -0.25) is 9.59 Å². The van der Waals surface area contributed by atoms with E-state index in [0.717, 1.165) is 30.6 Å². The van der Waals surface area contributed by atoms with Crippen molar-refractivity contribution in [3.8, 4) is 17.2 Å². The Morgan fingerprint density at radius 1 is 0.944 bits per heavy atom. The molecule has 2 N–H and O–H groups in total. The van der Waals surface area contributed by atoms with E-state index >= 15 is 0 Å². The van der Waals surface area contributed by atoms with Crippen molar-refractivity contribution in [3.05, 3.63) is 53.6 Å². The van der Waals surface area contributed by atoms with Crippen LogP contribution in [0, 0.1) is 0 Å². The first-order valence-corrected chi connectivity index (χ1v) is 12.6. The molecule has 0 saturated carbocycles. The van der Waals surface area contributed by atoms with Crippen LogP contribution in [0.15, 0.2) is 47.6 Å². The molecule has 0 aromatic heterocycles. The van der Waals surface area contributed by atoms with E-state index in [1.807, 2.05) is 52.0 Å². The van der Waals surface area contributed by atoms with Gasteiger partial charge in [-0.05, 0) is 88.9 Å². The molecule has 0 radical (unpaired) electrons. The summed E-state index contributed by atoms with van der Waals surface area (Å²) in [7, 11) is 0. The van der Waals surface area contributed by atoms with Crippen LogP contribution >= 0.6 is 0 Å². The number of hydrogen-bond acceptors (Lipinski definition) is 6. The molecule has 0 spiro atoms. The minimum atomic E-state index is -0.188. The number of amides is 2. The molecule has 36 heavy (non-hydrogen) atoms. The molecule has 0 heterocycles. The Hall–Kier alpha value is -3.55. The zero-order valence-corrected chi connectivity index (χ0v) is 22.0. The van der Waals surface area contributed by atoms with Gasteiger partial charge in [0.05, 0.1) is 25.0 Å². The third-order valence-corrected chi connectivity index (χ3v) is 5.48. The van der Waals surface area contributed by atoms with Crippen LogP contribution in [0.2, 0.25) is 0 Å². The summed E-state index contributed by atoms with van der Waals surface area (Å²) in [4.78, 5) is 25.7. The molecule has 2 aromatic carbocycles. The quantitative estimate of drug-likeness (QED) is 0.214. The van der Waals surface area contributed by atoms with Crippen molar-refractivity contribution in [2.75, 3.05) is 13.2 Å². The Balaban J connectivity index is 1.68. The number of rotatable bonds is 14. The first-order valence-electron chi connectivity index (χ1n) is 12.6. The largest absolute Gasteiger partial charge is 0.507 e. The minimum absolute atomic E-state index is 0.0385. The van der Waals surface area contributed by atoms with Crippen molar-refractivity contribution < 1.29 is 24.2 Å². The van der Waals surface area contributed by atoms with Crippen LogP contribution in [0.5, 0.6) is 17.2 Å². The van der Waals surface area contributed by atoms with Crippen LogP contribution in [0.3, 0.4) is 0 Å². The smallest absolute Gasteiger partial charge is 0.258 e. The van der Waals surface area contributed by atoms with E-state index in [1.165, 1.54) is 6.07 Å². The van der Waals surface area contributed by atoms with Gasteiger partial charge in [0.2, 0.25) is 5.91 Å². The number of hydrazone groups is 1. The maximum Gasteiger partial charge on any atom is 0.258 e. The molecular weight excluding hydrogens is 458 g/mol. The molecule has 196 valence electrons. The molecule has 2 aromatic rings. The normalized spacial score (nSPS) is 11.2. The van der Waals surface area contributed by atoms with Gasteiger partial charge in [-0.15, -0.1) is 0 Å². The monoisotopic (exact) mass is 497 g/mol. The highest BCUT2D eigenvalue weighted by Crippen LogP contribution is 2.26. The number of nitrogens with zero attached hydrogens (tertiary/aromatic N) is 2. The lowest BCUT2D eigenvalue weighted by Gasteiger charge is -2.31. The highest BCUT2D eigenvalue weighted by molar-refractivity contribution is 5.97. The van der Waals surface area contributed by atoms with Gasteiger partial charge >= 0.3 is 0 Å². The van der Waals surface area contributed by atoms with Gasteiger partial charge in [-0.25, -0.2) is 5.43 Å². The van der Waals surface area contributed by atoms with E-state index in [9.17, 15) is 14.7 Å². The molecule has 0 atom stereocenters. The van der Waals surface area contributed by atoms with Crippen molar-refractivity contribution in [1.82, 2.24) is 10.3 Å². The lowest BCUT2D eigenvalue weighted by molar-refractivity contribution is -0.120. The number of phenolic OH excluding ortho intramolecular Hbond substituents is 1. The lowest BCUT2D eigenvalue weighted by atomic mass is 10.1. The van der Waals surface area contributed by atoms with E-state index in [2.05, 4.69) is 10.5 Å². The first-order chi connectivity index (χ1) is 17.2. The molecule has 0 aliphatic rings. The minimum Gasteiger partial charge on any atom is -0.507 e. The number of phenols is 1. The van der Waals surface area contributed by atoms with Crippen molar-refractivity contribution in [2.45, 2.75) is 72.4 Å². The SMILES string of the molecule is CCC(=O)NN=Cc1ccc(OCCCCCOc2ccc(C(=O)N(C(C)C)C(C)C)c(O)c2)cc1. The molecule has 0 bridgehead atoms. The summed E-state index contributed by atoms with van der Waals surface area (Å²) in [5, 5.41) is 14.3. The molecule has 0 saturated heterocycles. The Morgan fingerprint density at radius 3 is 2.08 bits per heavy atom. The van der Waals surface area contributed by atoms with Crippen molar-refractivity contribution >= 4 is 18.0 Å². The van der Waals surface area contributed by atoms with Crippen molar-refractivity contribution in [3.63, 3.8) is 0 Å². The highest BCUT2D eigenvalue weighted by Gasteiger charge is 2.24. The summed E-state index contributed by atoms with van der Waals surface area (Å²) in [6.07, 6.45) is 4.65. The van der Waals surface area contributed by atoms with Crippen LogP contribution in [0.25, 0.3) is 0 Å². The summed E-state index contributed by atoms with van der Waals surface area (Å²) in [5.41, 5.74) is 3.60. The molecule has 2 amide bonds. The average molecular weight is 498 g/mol. The molecule has 2 rings (SSSR count). The van der Waals surface area contributed by atoms with Crippen molar-refractivity contribution in [2.24, 2.45) is 5.10 Å². The van der Waals surface area contributed by atoms with Crippen LogP contribution in [0.1, 0.15) is 76.2 Å². The molecular formula is C28H39N3O5. The Labute approximate surface area is 214 Å². The van der Waals surface area contributed by atoms with Gasteiger partial charge in [0.1, 0.15) is 17.2 Å². The second-order valence-corrected chi connectivity index (χ2v) is 9.05. The van der Waals surface area contributed by atoms with Crippen LogP contribution in [-0.4, -0.2) is 53.3 Å². The van der Waals surface area contributed by atoms with Crippen LogP contribution in [0.4, 0.5) is 0 Å². The fourth-order valence-electron chi connectivity index (χ4n) is 3.66. The molecule has 0 unspecified atom stereocenters. The van der Waals surface area contributed by atoms with Gasteiger partial charge in [0, 0.05) is 24.6 Å². The number of ether oxygens (including phenoxy) is 2. The molecule has 0 fully saturated rings. The number of nitrogens with one attached hydrogen (secondary N) is 1. The fraction of sp³-hybridized carbons (Fsp3) is 0.464. The maximum absolute atomic E-state index is 12.8. The summed E-state index contributed by atoms with van der Waals surface area (Å²) in [6.45, 7) is 10.7. The summed E-state index contributed by atoms with van der Waals surface area (Å²) in [6, 6.07) is 12.4. The predicted octanol–water partition coefficient (Wildman–Crippen LogP) is 5.14. The zero-order valence-electron chi connectivity index (χ0n) is 22.0. The zero-order chi connectivity index (χ0) is 26.5. The predicted molar refractivity (Wildman–Crippen MR) is 142 cm³/mol. The third kappa shape index (κ3) is 9.24. The maximum atomic E-state index is 12.8. The number of hydrogen-bond donors (Lipinski definition) is 2. The average Bonchev–Trinajstić information content (AvgIpc) is 2.83. The van der Waals surface area contributed by atoms with E-state index < -0.39 is 0 Å². The number of carbonyl (C=O) groups is 2. The molecule has 0 aliphatic heterocycles. The lowest BCUT2D eigenvalue weighted by Crippen LogP contribution is -2.42. The first kappa shape index (κ1) is 28.7. The van der Waals surface area contributed by atoms with E-state index in [0.29, 0.717) is 25.4 Å². The number of carbonyl (C=O) groups excluding carboxylic acids is 2. The molecule has 8 nitrogen and oxygen atoms in total.